The third kappa shape index (κ3) is 4.56. The van der Waals surface area contributed by atoms with E-state index in [0.717, 1.165) is 5.39 Å². The van der Waals surface area contributed by atoms with Crippen molar-refractivity contribution in [3.8, 4) is 23.0 Å². The van der Waals surface area contributed by atoms with Gasteiger partial charge in [-0.3, -0.25) is 9.59 Å². The van der Waals surface area contributed by atoms with Gasteiger partial charge in [-0.05, 0) is 36.8 Å². The average Bonchev–Trinajstić information content (AvgIpc) is 3.27. The molecule has 0 atom stereocenters. The van der Waals surface area contributed by atoms with Crippen molar-refractivity contribution in [1.82, 2.24) is 10.3 Å². The van der Waals surface area contributed by atoms with Crippen LogP contribution in [0.2, 0.25) is 0 Å². The lowest BCUT2D eigenvalue weighted by Gasteiger charge is -2.19. The quantitative estimate of drug-likeness (QED) is 0.465. The molecule has 3 aromatic rings. The molecule has 1 aliphatic heterocycles. The van der Waals surface area contributed by atoms with Crippen LogP contribution in [0.15, 0.2) is 36.4 Å². The Balaban J connectivity index is 1.28. The number of fused-ring (bicyclic) bond motifs is 2. The third-order valence-electron chi connectivity index (χ3n) is 5.09. The van der Waals surface area contributed by atoms with Gasteiger partial charge in [-0.1, -0.05) is 0 Å². The van der Waals surface area contributed by atoms with Crippen LogP contribution in [-0.2, 0) is 4.79 Å². The highest BCUT2D eigenvalue weighted by Crippen LogP contribution is 2.34. The predicted molar refractivity (Wildman–Crippen MR) is 119 cm³/mol. The van der Waals surface area contributed by atoms with Crippen LogP contribution in [0.3, 0.4) is 0 Å². The SMILES string of the molecule is COc1ccc(OC)c2[nH]c(C(=O)NCCCC(=O)Nc3ccc4c(c3)OCCO4)cc12. The third-order valence-corrected chi connectivity index (χ3v) is 5.09. The van der Waals surface area contributed by atoms with Gasteiger partial charge < -0.3 is 34.6 Å². The van der Waals surface area contributed by atoms with Crippen LogP contribution in [-0.4, -0.2) is 50.8 Å². The van der Waals surface area contributed by atoms with Gasteiger partial charge >= 0.3 is 0 Å². The molecule has 2 aromatic carbocycles. The van der Waals surface area contributed by atoms with Crippen molar-refractivity contribution in [2.75, 3.05) is 39.3 Å². The van der Waals surface area contributed by atoms with Crippen molar-refractivity contribution in [3.63, 3.8) is 0 Å². The van der Waals surface area contributed by atoms with E-state index in [4.69, 9.17) is 18.9 Å². The van der Waals surface area contributed by atoms with Crippen LogP contribution in [0.4, 0.5) is 5.69 Å². The molecule has 3 N–H and O–H groups in total. The molecule has 0 aliphatic carbocycles. The van der Waals surface area contributed by atoms with Gasteiger partial charge in [0, 0.05) is 30.1 Å². The van der Waals surface area contributed by atoms with Crippen molar-refractivity contribution >= 4 is 28.4 Å². The first-order chi connectivity index (χ1) is 15.6. The van der Waals surface area contributed by atoms with Gasteiger partial charge in [0.15, 0.2) is 11.5 Å². The molecule has 2 heterocycles. The first kappa shape index (κ1) is 21.4. The highest BCUT2D eigenvalue weighted by atomic mass is 16.6. The number of aromatic amines is 1. The topological polar surface area (TPSA) is 111 Å². The lowest BCUT2D eigenvalue weighted by atomic mass is 10.2. The highest BCUT2D eigenvalue weighted by molar-refractivity contribution is 6.01. The second-order valence-electron chi connectivity index (χ2n) is 7.21. The number of rotatable bonds is 8. The minimum atomic E-state index is -0.266. The second kappa shape index (κ2) is 9.51. The van der Waals surface area contributed by atoms with Gasteiger partial charge in [-0.25, -0.2) is 0 Å². The molecule has 0 unspecified atom stereocenters. The van der Waals surface area contributed by atoms with E-state index in [-0.39, 0.29) is 18.2 Å². The molecular weight excluding hydrogens is 414 g/mol. The fraction of sp³-hybridized carbons (Fsp3) is 0.304. The molecule has 0 saturated heterocycles. The van der Waals surface area contributed by atoms with Crippen LogP contribution >= 0.6 is 0 Å². The summed E-state index contributed by atoms with van der Waals surface area (Å²) in [6, 6.07) is 10.6. The standard InChI is InChI=1S/C23H25N3O6/c1-29-17-7-8-19(30-2)22-15(17)13-16(26-22)23(28)24-9-3-4-21(27)25-14-5-6-18-20(12-14)32-11-10-31-18/h5-8,12-13,26H,3-4,9-11H2,1-2H3,(H,24,28)(H,25,27). The van der Waals surface area contributed by atoms with Gasteiger partial charge in [-0.15, -0.1) is 0 Å². The number of methoxy groups -OCH3 is 2. The zero-order chi connectivity index (χ0) is 22.5. The van der Waals surface area contributed by atoms with Crippen molar-refractivity contribution in [3.05, 3.63) is 42.1 Å². The van der Waals surface area contributed by atoms with Crippen LogP contribution in [0, 0.1) is 0 Å². The second-order valence-corrected chi connectivity index (χ2v) is 7.21. The fourth-order valence-corrected chi connectivity index (χ4v) is 3.53. The van der Waals surface area contributed by atoms with Crippen LogP contribution in [0.5, 0.6) is 23.0 Å². The van der Waals surface area contributed by atoms with Gasteiger partial charge in [0.1, 0.15) is 30.4 Å². The van der Waals surface area contributed by atoms with E-state index < -0.39 is 0 Å². The fourth-order valence-electron chi connectivity index (χ4n) is 3.53. The summed E-state index contributed by atoms with van der Waals surface area (Å²) in [6.45, 7) is 1.36. The molecule has 0 radical (unpaired) electrons. The lowest BCUT2D eigenvalue weighted by molar-refractivity contribution is -0.116. The number of aromatic nitrogens is 1. The Morgan fingerprint density at radius 1 is 1.00 bits per heavy atom. The Morgan fingerprint density at radius 2 is 1.75 bits per heavy atom. The zero-order valence-electron chi connectivity index (χ0n) is 17.9. The maximum Gasteiger partial charge on any atom is 0.267 e. The number of ether oxygens (including phenoxy) is 4. The average molecular weight is 439 g/mol. The number of carbonyl (C=O) groups excluding carboxylic acids is 2. The Morgan fingerprint density at radius 3 is 2.53 bits per heavy atom. The van der Waals surface area contributed by atoms with E-state index >= 15 is 0 Å². The van der Waals surface area contributed by atoms with Gasteiger partial charge in [0.25, 0.3) is 5.91 Å². The normalized spacial score (nSPS) is 12.3. The Labute approximate surface area is 185 Å². The molecule has 9 heteroatoms. The van der Waals surface area contributed by atoms with E-state index in [9.17, 15) is 9.59 Å². The first-order valence-corrected chi connectivity index (χ1v) is 10.3. The maximum atomic E-state index is 12.5. The van der Waals surface area contributed by atoms with E-state index in [2.05, 4.69) is 15.6 Å². The van der Waals surface area contributed by atoms with E-state index in [1.165, 1.54) is 0 Å². The van der Waals surface area contributed by atoms with E-state index in [1.54, 1.807) is 50.6 Å². The number of H-pyrrole nitrogens is 1. The van der Waals surface area contributed by atoms with Crippen molar-refractivity contribution < 1.29 is 28.5 Å². The highest BCUT2D eigenvalue weighted by Gasteiger charge is 2.16. The Kier molecular flexibility index (Phi) is 6.34. The molecule has 4 rings (SSSR count). The van der Waals surface area contributed by atoms with Crippen LogP contribution in [0.25, 0.3) is 10.9 Å². The molecule has 0 bridgehead atoms. The monoisotopic (exact) mass is 439 g/mol. The smallest absolute Gasteiger partial charge is 0.267 e. The number of hydrogen-bond donors (Lipinski definition) is 3. The summed E-state index contributed by atoms with van der Waals surface area (Å²) in [5.74, 6) is 2.15. The van der Waals surface area contributed by atoms with Crippen molar-refractivity contribution in [2.45, 2.75) is 12.8 Å². The summed E-state index contributed by atoms with van der Waals surface area (Å²) < 4.78 is 21.7. The van der Waals surface area contributed by atoms with Crippen LogP contribution < -0.4 is 29.6 Å². The summed E-state index contributed by atoms with van der Waals surface area (Å²) in [7, 11) is 3.14. The molecule has 0 spiro atoms. The number of hydrogen-bond acceptors (Lipinski definition) is 6. The van der Waals surface area contributed by atoms with Crippen LogP contribution in [0.1, 0.15) is 23.3 Å². The number of benzene rings is 2. The first-order valence-electron chi connectivity index (χ1n) is 10.3. The lowest BCUT2D eigenvalue weighted by Crippen LogP contribution is -2.25. The Bertz CT molecular complexity index is 1100. The molecule has 1 aliphatic rings. The molecule has 0 saturated carbocycles. The molecule has 0 fully saturated rings. The number of nitrogens with one attached hydrogen (secondary N) is 3. The minimum absolute atomic E-state index is 0.143. The number of amides is 2. The molecule has 2 amide bonds. The largest absolute Gasteiger partial charge is 0.496 e. The molecule has 1 aromatic heterocycles. The summed E-state index contributed by atoms with van der Waals surface area (Å²) in [4.78, 5) is 27.8. The van der Waals surface area contributed by atoms with E-state index in [1.807, 2.05) is 0 Å². The molecule has 9 nitrogen and oxygen atoms in total. The molecule has 168 valence electrons. The molecular formula is C23H25N3O6. The van der Waals surface area contributed by atoms with Crippen molar-refractivity contribution in [2.24, 2.45) is 0 Å². The summed E-state index contributed by atoms with van der Waals surface area (Å²) >= 11 is 0. The predicted octanol–water partition coefficient (Wildman–Crippen LogP) is 3.11. The van der Waals surface area contributed by atoms with E-state index in [0.29, 0.717) is 66.1 Å². The summed E-state index contributed by atoms with van der Waals surface area (Å²) in [6.07, 6.45) is 0.762. The number of carbonyl (C=O) groups is 2. The van der Waals surface area contributed by atoms with Gasteiger partial charge in [0.05, 0.1) is 19.7 Å². The molecule has 32 heavy (non-hydrogen) atoms. The summed E-state index contributed by atoms with van der Waals surface area (Å²) in [5.41, 5.74) is 1.73. The minimum Gasteiger partial charge on any atom is -0.496 e. The maximum absolute atomic E-state index is 12.5. The number of anilines is 1. The zero-order valence-corrected chi connectivity index (χ0v) is 17.9. The van der Waals surface area contributed by atoms with Gasteiger partial charge in [-0.2, -0.15) is 0 Å². The van der Waals surface area contributed by atoms with Crippen molar-refractivity contribution in [1.29, 1.82) is 0 Å². The Hall–Kier alpha value is -3.88. The van der Waals surface area contributed by atoms with Gasteiger partial charge in [0.2, 0.25) is 5.91 Å². The summed E-state index contributed by atoms with van der Waals surface area (Å²) in [5, 5.41) is 6.42.